The SMILES string of the molecule is O=C(O)/C=C\c1ccc(OC(F)F)cc1. The summed E-state index contributed by atoms with van der Waals surface area (Å²) >= 11 is 0. The summed E-state index contributed by atoms with van der Waals surface area (Å²) in [6.45, 7) is -2.86. The number of hydrogen-bond acceptors (Lipinski definition) is 2. The van der Waals surface area contributed by atoms with E-state index in [0.29, 0.717) is 5.56 Å². The van der Waals surface area contributed by atoms with Crippen LogP contribution < -0.4 is 4.74 Å². The average Bonchev–Trinajstić information content (AvgIpc) is 2.16. The van der Waals surface area contributed by atoms with Gasteiger partial charge >= 0.3 is 12.6 Å². The molecule has 15 heavy (non-hydrogen) atoms. The van der Waals surface area contributed by atoms with Gasteiger partial charge in [-0.3, -0.25) is 0 Å². The van der Waals surface area contributed by atoms with E-state index in [-0.39, 0.29) is 5.75 Å². The molecule has 1 rings (SSSR count). The van der Waals surface area contributed by atoms with Crippen LogP contribution in [0.25, 0.3) is 6.08 Å². The van der Waals surface area contributed by atoms with E-state index in [9.17, 15) is 13.6 Å². The fraction of sp³-hybridized carbons (Fsp3) is 0.100. The summed E-state index contributed by atoms with van der Waals surface area (Å²) in [4.78, 5) is 10.2. The van der Waals surface area contributed by atoms with Crippen molar-refractivity contribution in [1.29, 1.82) is 0 Å². The van der Waals surface area contributed by atoms with Crippen LogP contribution in [-0.4, -0.2) is 17.7 Å². The Labute approximate surface area is 84.6 Å². The van der Waals surface area contributed by atoms with Crippen LogP contribution in [0.4, 0.5) is 8.78 Å². The van der Waals surface area contributed by atoms with Gasteiger partial charge in [0.2, 0.25) is 0 Å². The Balaban J connectivity index is 2.68. The molecule has 0 amide bonds. The Morgan fingerprint density at radius 3 is 2.40 bits per heavy atom. The Bertz CT molecular complexity index is 357. The summed E-state index contributed by atoms with van der Waals surface area (Å²) in [5.41, 5.74) is 0.596. The average molecular weight is 214 g/mol. The zero-order valence-corrected chi connectivity index (χ0v) is 7.56. The van der Waals surface area contributed by atoms with Gasteiger partial charge in [-0.25, -0.2) is 4.79 Å². The number of carboxylic acids is 1. The van der Waals surface area contributed by atoms with Crippen molar-refractivity contribution in [3.63, 3.8) is 0 Å². The third-order valence-corrected chi connectivity index (χ3v) is 1.52. The highest BCUT2D eigenvalue weighted by atomic mass is 19.3. The number of ether oxygens (including phenoxy) is 1. The van der Waals surface area contributed by atoms with Crippen LogP contribution in [0.3, 0.4) is 0 Å². The number of alkyl halides is 2. The molecule has 5 heteroatoms. The van der Waals surface area contributed by atoms with Crippen LogP contribution in [-0.2, 0) is 4.79 Å². The molecule has 0 aliphatic carbocycles. The molecule has 1 aromatic rings. The van der Waals surface area contributed by atoms with E-state index < -0.39 is 12.6 Å². The summed E-state index contributed by atoms with van der Waals surface area (Å²) < 4.78 is 27.6. The lowest BCUT2D eigenvalue weighted by atomic mass is 10.2. The first kappa shape index (κ1) is 11.2. The van der Waals surface area contributed by atoms with Gasteiger partial charge < -0.3 is 9.84 Å². The van der Waals surface area contributed by atoms with Crippen molar-refractivity contribution in [2.24, 2.45) is 0 Å². The topological polar surface area (TPSA) is 46.5 Å². The molecule has 3 nitrogen and oxygen atoms in total. The van der Waals surface area contributed by atoms with E-state index in [1.807, 2.05) is 0 Å². The van der Waals surface area contributed by atoms with Gasteiger partial charge in [-0.15, -0.1) is 0 Å². The van der Waals surface area contributed by atoms with Gasteiger partial charge in [0.05, 0.1) is 0 Å². The van der Waals surface area contributed by atoms with Crippen LogP contribution in [0.15, 0.2) is 30.3 Å². The maximum Gasteiger partial charge on any atom is 0.387 e. The molecule has 0 fully saturated rings. The summed E-state index contributed by atoms with van der Waals surface area (Å²) in [6, 6.07) is 5.65. The molecule has 0 atom stereocenters. The predicted octanol–water partition coefficient (Wildman–Crippen LogP) is 2.39. The lowest BCUT2D eigenvalue weighted by molar-refractivity contribution is -0.131. The largest absolute Gasteiger partial charge is 0.478 e. The molecule has 0 heterocycles. The summed E-state index contributed by atoms with van der Waals surface area (Å²) in [6.07, 6.45) is 2.32. The number of carbonyl (C=O) groups is 1. The number of hydrogen-bond donors (Lipinski definition) is 1. The van der Waals surface area contributed by atoms with Crippen molar-refractivity contribution < 1.29 is 23.4 Å². The molecule has 0 unspecified atom stereocenters. The maximum absolute atomic E-state index is 11.8. The third kappa shape index (κ3) is 4.21. The first-order chi connectivity index (χ1) is 7.08. The highest BCUT2D eigenvalue weighted by molar-refractivity contribution is 5.85. The van der Waals surface area contributed by atoms with E-state index in [1.54, 1.807) is 0 Å². The standard InChI is InChI=1S/C10H8F2O3/c11-10(12)15-8-4-1-7(2-5-8)3-6-9(13)14/h1-6,10H,(H,13,14)/b6-3-. The van der Waals surface area contributed by atoms with Crippen molar-refractivity contribution in [3.8, 4) is 5.75 Å². The monoisotopic (exact) mass is 214 g/mol. The van der Waals surface area contributed by atoms with Crippen molar-refractivity contribution in [2.75, 3.05) is 0 Å². The van der Waals surface area contributed by atoms with Gasteiger partial charge in [0.15, 0.2) is 0 Å². The normalized spacial score (nSPS) is 10.9. The van der Waals surface area contributed by atoms with Gasteiger partial charge in [0.25, 0.3) is 0 Å². The second-order valence-corrected chi connectivity index (χ2v) is 2.62. The maximum atomic E-state index is 11.8. The molecule has 0 aliphatic rings. The number of benzene rings is 1. The Hall–Kier alpha value is -1.91. The molecule has 80 valence electrons. The summed E-state index contributed by atoms with van der Waals surface area (Å²) in [5.74, 6) is -1.03. The van der Waals surface area contributed by atoms with Gasteiger partial charge in [0.1, 0.15) is 5.75 Å². The van der Waals surface area contributed by atoms with Crippen LogP contribution in [0.2, 0.25) is 0 Å². The van der Waals surface area contributed by atoms with Crippen molar-refractivity contribution in [2.45, 2.75) is 6.61 Å². The second-order valence-electron chi connectivity index (χ2n) is 2.62. The minimum absolute atomic E-state index is 0.0393. The van der Waals surface area contributed by atoms with Crippen molar-refractivity contribution in [1.82, 2.24) is 0 Å². The zero-order valence-electron chi connectivity index (χ0n) is 7.56. The second kappa shape index (κ2) is 5.09. The Kier molecular flexibility index (Phi) is 3.79. The van der Waals surface area contributed by atoms with E-state index in [0.717, 1.165) is 6.08 Å². The minimum Gasteiger partial charge on any atom is -0.478 e. The highest BCUT2D eigenvalue weighted by Gasteiger charge is 2.02. The summed E-state index contributed by atoms with van der Waals surface area (Å²) in [5, 5.41) is 8.34. The number of halogens is 2. The molecular formula is C10H8F2O3. The fourth-order valence-corrected chi connectivity index (χ4v) is 0.928. The van der Waals surface area contributed by atoms with Gasteiger partial charge in [-0.1, -0.05) is 12.1 Å². The molecule has 1 aromatic carbocycles. The quantitative estimate of drug-likeness (QED) is 0.782. The lowest BCUT2D eigenvalue weighted by Gasteiger charge is -2.03. The third-order valence-electron chi connectivity index (χ3n) is 1.52. The minimum atomic E-state index is -2.86. The van der Waals surface area contributed by atoms with Crippen LogP contribution >= 0.6 is 0 Å². The highest BCUT2D eigenvalue weighted by Crippen LogP contribution is 2.15. The van der Waals surface area contributed by atoms with Gasteiger partial charge in [0, 0.05) is 6.08 Å². The van der Waals surface area contributed by atoms with Crippen LogP contribution in [0.5, 0.6) is 5.75 Å². The smallest absolute Gasteiger partial charge is 0.387 e. The van der Waals surface area contributed by atoms with Gasteiger partial charge in [-0.2, -0.15) is 8.78 Å². The fourth-order valence-electron chi connectivity index (χ4n) is 0.928. The Morgan fingerprint density at radius 2 is 1.93 bits per heavy atom. The van der Waals surface area contributed by atoms with Crippen LogP contribution in [0.1, 0.15) is 5.56 Å². The first-order valence-corrected chi connectivity index (χ1v) is 4.04. The molecule has 0 saturated heterocycles. The first-order valence-electron chi connectivity index (χ1n) is 4.04. The number of aliphatic carboxylic acids is 1. The molecule has 0 aromatic heterocycles. The van der Waals surface area contributed by atoms with E-state index in [4.69, 9.17) is 5.11 Å². The van der Waals surface area contributed by atoms with E-state index in [1.165, 1.54) is 30.3 Å². The molecule has 0 radical (unpaired) electrons. The van der Waals surface area contributed by atoms with E-state index >= 15 is 0 Å². The molecule has 1 N–H and O–H groups in total. The molecule has 0 saturated carbocycles. The van der Waals surface area contributed by atoms with E-state index in [2.05, 4.69) is 4.74 Å². The van der Waals surface area contributed by atoms with Crippen molar-refractivity contribution in [3.05, 3.63) is 35.9 Å². The number of carboxylic acid groups (broad SMARTS) is 1. The Morgan fingerprint density at radius 1 is 1.33 bits per heavy atom. The molecule has 0 aliphatic heterocycles. The predicted molar refractivity (Wildman–Crippen MR) is 49.7 cm³/mol. The summed E-state index contributed by atoms with van der Waals surface area (Å²) in [7, 11) is 0. The lowest BCUT2D eigenvalue weighted by Crippen LogP contribution is -2.01. The van der Waals surface area contributed by atoms with Gasteiger partial charge in [-0.05, 0) is 23.8 Å². The molecule has 0 spiro atoms. The molecule has 0 bridgehead atoms. The molecular weight excluding hydrogens is 206 g/mol. The van der Waals surface area contributed by atoms with Crippen molar-refractivity contribution >= 4 is 12.0 Å². The number of rotatable bonds is 4. The van der Waals surface area contributed by atoms with Crippen LogP contribution in [0, 0.1) is 0 Å². The zero-order chi connectivity index (χ0) is 11.3.